The van der Waals surface area contributed by atoms with Crippen LogP contribution in [0.4, 0.5) is 11.4 Å². The van der Waals surface area contributed by atoms with E-state index in [2.05, 4.69) is 104 Å². The zero-order valence-electron chi connectivity index (χ0n) is 27.8. The summed E-state index contributed by atoms with van der Waals surface area (Å²) in [6, 6.07) is 25.1. The average molecular weight is 688 g/mol. The fraction of sp³-hybridized carbons (Fsp3) is 0.342. The summed E-state index contributed by atoms with van der Waals surface area (Å²) in [5.74, 6) is -0.593. The highest BCUT2D eigenvalue weighted by Crippen LogP contribution is 2.51. The van der Waals surface area contributed by atoms with Crippen LogP contribution < -0.4 is 4.90 Å². The Morgan fingerprint density at radius 3 is 1.94 bits per heavy atom. The number of fused-ring (bicyclic) bond motifs is 6. The molecule has 0 bridgehead atoms. The molecule has 48 heavy (non-hydrogen) atoms. The Labute approximate surface area is 283 Å². The van der Waals surface area contributed by atoms with E-state index in [1.807, 2.05) is 24.3 Å². The molecule has 252 valence electrons. The van der Waals surface area contributed by atoms with E-state index in [9.17, 15) is 25.9 Å². The molecule has 0 atom stereocenters. The van der Waals surface area contributed by atoms with E-state index in [1.165, 1.54) is 16.5 Å². The highest BCUT2D eigenvalue weighted by Gasteiger charge is 2.46. The smallest absolute Gasteiger partial charge is 0.265 e. The van der Waals surface area contributed by atoms with E-state index in [0.29, 0.717) is 25.9 Å². The maximum Gasteiger partial charge on any atom is 0.265 e. The molecule has 2 N–H and O–H groups in total. The first-order valence-corrected chi connectivity index (χ1v) is 19.6. The summed E-state index contributed by atoms with van der Waals surface area (Å²) in [4.78, 5) is 2.27. The molecule has 0 spiro atoms. The lowest BCUT2D eigenvalue weighted by molar-refractivity contribution is -0.437. The predicted molar refractivity (Wildman–Crippen MR) is 195 cm³/mol. The van der Waals surface area contributed by atoms with Gasteiger partial charge in [0.25, 0.3) is 20.2 Å². The van der Waals surface area contributed by atoms with Gasteiger partial charge in [-0.1, -0.05) is 74.5 Å². The lowest BCUT2D eigenvalue weighted by Gasteiger charge is -2.27. The second-order valence-electron chi connectivity index (χ2n) is 13.8. The SMILES string of the molecule is CC1(C)C(=CC=CC2=[N+](CCCS(=O)(=O)O)c3ccc4ccccc4c3C2(C)C)N(CCCCS(=O)(=O)O)c2ccc3ccccc3c21. The molecule has 4 aromatic rings. The Kier molecular flexibility index (Phi) is 8.91. The largest absolute Gasteiger partial charge is 0.344 e. The molecule has 10 heteroatoms. The van der Waals surface area contributed by atoms with Crippen LogP contribution in [0.2, 0.25) is 0 Å². The molecule has 4 aromatic carbocycles. The highest BCUT2D eigenvalue weighted by molar-refractivity contribution is 7.86. The fourth-order valence-corrected chi connectivity index (χ4v) is 8.81. The van der Waals surface area contributed by atoms with E-state index in [4.69, 9.17) is 0 Å². The molecule has 0 radical (unpaired) electrons. The van der Waals surface area contributed by atoms with Crippen LogP contribution in [0.3, 0.4) is 0 Å². The van der Waals surface area contributed by atoms with Crippen LogP contribution in [-0.2, 0) is 31.1 Å². The first-order valence-electron chi connectivity index (χ1n) is 16.4. The monoisotopic (exact) mass is 687 g/mol. The number of nitrogens with zero attached hydrogens (tertiary/aromatic N) is 2. The van der Waals surface area contributed by atoms with E-state index >= 15 is 0 Å². The standard InChI is InChI=1S/C38H42N2O6S2/c1-37(2)33(39(23-9-10-25-47(41,42)43)31-21-19-27-13-5-7-15-29(27)35(31)37)17-11-18-34-38(3,4)36-30-16-8-6-14-28(30)20-22-32(36)40(34)24-12-26-48(44,45)46/h5-8,11,13-22H,9-10,12,23-26H2,1-4H3,(H-,41,42,43,44,45,46)/p+1. The molecule has 2 aliphatic heterocycles. The third-order valence-corrected chi connectivity index (χ3v) is 11.4. The average Bonchev–Trinajstić information content (AvgIpc) is 3.37. The number of unbranched alkanes of at least 4 members (excludes halogenated alkanes) is 1. The Bertz CT molecular complexity index is 2230. The van der Waals surface area contributed by atoms with Gasteiger partial charge < -0.3 is 4.90 Å². The summed E-state index contributed by atoms with van der Waals surface area (Å²) >= 11 is 0. The van der Waals surface area contributed by atoms with Crippen molar-refractivity contribution in [1.29, 1.82) is 0 Å². The number of benzene rings is 4. The Morgan fingerprint density at radius 1 is 0.708 bits per heavy atom. The maximum absolute atomic E-state index is 11.6. The summed E-state index contributed by atoms with van der Waals surface area (Å²) in [6.45, 7) is 9.82. The highest BCUT2D eigenvalue weighted by atomic mass is 32.2. The van der Waals surface area contributed by atoms with Crippen molar-refractivity contribution >= 4 is 58.9 Å². The van der Waals surface area contributed by atoms with Crippen LogP contribution in [0.5, 0.6) is 0 Å². The molecule has 0 unspecified atom stereocenters. The number of rotatable bonds is 11. The van der Waals surface area contributed by atoms with Crippen molar-refractivity contribution in [1.82, 2.24) is 0 Å². The van der Waals surface area contributed by atoms with Gasteiger partial charge in [-0.05, 0) is 72.0 Å². The van der Waals surface area contributed by atoms with Crippen molar-refractivity contribution < 1.29 is 30.5 Å². The van der Waals surface area contributed by atoms with Crippen LogP contribution in [0.15, 0.2) is 96.7 Å². The molecule has 0 saturated carbocycles. The van der Waals surface area contributed by atoms with E-state index in [0.717, 1.165) is 38.9 Å². The van der Waals surface area contributed by atoms with Crippen LogP contribution >= 0.6 is 0 Å². The van der Waals surface area contributed by atoms with Gasteiger partial charge in [-0.2, -0.15) is 21.4 Å². The van der Waals surface area contributed by atoms with Crippen LogP contribution in [0.1, 0.15) is 58.1 Å². The summed E-state index contributed by atoms with van der Waals surface area (Å²) in [5.41, 5.74) is 5.85. The number of hydrogen-bond donors (Lipinski definition) is 2. The fourth-order valence-electron chi connectivity index (χ4n) is 7.74. The molecule has 2 aliphatic rings. The molecule has 0 saturated heterocycles. The lowest BCUT2D eigenvalue weighted by Crippen LogP contribution is -2.29. The van der Waals surface area contributed by atoms with Gasteiger partial charge in [0.15, 0.2) is 5.71 Å². The quantitative estimate of drug-likeness (QED) is 0.0951. The summed E-state index contributed by atoms with van der Waals surface area (Å²) < 4.78 is 67.1. The van der Waals surface area contributed by atoms with E-state index < -0.39 is 25.7 Å². The Balaban J connectivity index is 1.43. The maximum atomic E-state index is 11.6. The molecule has 0 aromatic heterocycles. The molecule has 0 aliphatic carbocycles. The zero-order valence-corrected chi connectivity index (χ0v) is 29.5. The molecule has 0 amide bonds. The molecular formula is C38H43N2O6S2+. The van der Waals surface area contributed by atoms with Gasteiger partial charge in [0.05, 0.1) is 16.9 Å². The second-order valence-corrected chi connectivity index (χ2v) is 17.0. The molecule has 6 rings (SSSR count). The van der Waals surface area contributed by atoms with Gasteiger partial charge >= 0.3 is 0 Å². The summed E-state index contributed by atoms with van der Waals surface area (Å²) in [5, 5.41) is 4.61. The minimum atomic E-state index is -4.10. The lowest BCUT2D eigenvalue weighted by atomic mass is 9.79. The normalized spacial score (nSPS) is 18.0. The molecular weight excluding hydrogens is 645 g/mol. The molecule has 8 nitrogen and oxygen atoms in total. The number of anilines is 1. The van der Waals surface area contributed by atoms with Crippen molar-refractivity contribution in [3.8, 4) is 0 Å². The third-order valence-electron chi connectivity index (χ3n) is 9.83. The summed E-state index contributed by atoms with van der Waals surface area (Å²) in [7, 11) is -8.13. The van der Waals surface area contributed by atoms with E-state index in [-0.39, 0.29) is 23.3 Å². The van der Waals surface area contributed by atoms with Crippen molar-refractivity contribution in [3.63, 3.8) is 0 Å². The topological polar surface area (TPSA) is 115 Å². The Morgan fingerprint density at radius 2 is 1.29 bits per heavy atom. The Hall–Kier alpha value is -3.83. The zero-order chi connectivity index (χ0) is 34.5. The van der Waals surface area contributed by atoms with Crippen LogP contribution in [0.25, 0.3) is 21.5 Å². The first-order chi connectivity index (χ1) is 22.6. The predicted octanol–water partition coefficient (Wildman–Crippen LogP) is 7.55. The van der Waals surface area contributed by atoms with Crippen molar-refractivity contribution in [2.75, 3.05) is 29.5 Å². The van der Waals surface area contributed by atoms with Crippen molar-refractivity contribution in [2.24, 2.45) is 0 Å². The molecule has 0 fully saturated rings. The van der Waals surface area contributed by atoms with Crippen LogP contribution in [0, 0.1) is 0 Å². The van der Waals surface area contributed by atoms with Crippen LogP contribution in [-0.4, -0.2) is 60.8 Å². The van der Waals surface area contributed by atoms with Gasteiger partial charge in [-0.25, -0.2) is 0 Å². The van der Waals surface area contributed by atoms with Crippen molar-refractivity contribution in [2.45, 2.75) is 57.8 Å². The second kappa shape index (κ2) is 12.6. The van der Waals surface area contributed by atoms with Gasteiger partial charge in [-0.3, -0.25) is 9.11 Å². The van der Waals surface area contributed by atoms with Gasteiger partial charge in [0.2, 0.25) is 5.69 Å². The summed E-state index contributed by atoms with van der Waals surface area (Å²) in [6.07, 6.45) is 7.51. The minimum Gasteiger partial charge on any atom is -0.344 e. The number of hydrogen-bond acceptors (Lipinski definition) is 5. The van der Waals surface area contributed by atoms with Gasteiger partial charge in [0, 0.05) is 47.5 Å². The molecule has 2 heterocycles. The van der Waals surface area contributed by atoms with Crippen molar-refractivity contribution in [3.05, 3.63) is 108 Å². The van der Waals surface area contributed by atoms with E-state index in [1.54, 1.807) is 0 Å². The van der Waals surface area contributed by atoms with Gasteiger partial charge in [-0.15, -0.1) is 0 Å². The van der Waals surface area contributed by atoms with Gasteiger partial charge in [0.1, 0.15) is 6.54 Å². The minimum absolute atomic E-state index is 0.270. The first kappa shape index (κ1) is 34.0. The third kappa shape index (κ3) is 6.46. The number of allylic oxidation sites excluding steroid dienone is 4.